The number of nitrogens with zero attached hydrogens (tertiary/aromatic N) is 4. The van der Waals surface area contributed by atoms with Gasteiger partial charge in [-0.2, -0.15) is 5.10 Å². The van der Waals surface area contributed by atoms with Crippen LogP contribution in [0.3, 0.4) is 0 Å². The number of nitrogens with one attached hydrogen (secondary N) is 1. The summed E-state index contributed by atoms with van der Waals surface area (Å²) < 4.78 is 2.07. The van der Waals surface area contributed by atoms with Crippen molar-refractivity contribution >= 4 is 11.0 Å². The van der Waals surface area contributed by atoms with Crippen molar-refractivity contribution in [2.24, 2.45) is 0 Å². The number of fused-ring (bicyclic) bond motifs is 1. The Morgan fingerprint density at radius 2 is 1.96 bits per heavy atom. The number of aromatic nitrogens is 4. The molecule has 0 amide bonds. The van der Waals surface area contributed by atoms with Gasteiger partial charge in [0.1, 0.15) is 0 Å². The zero-order chi connectivity index (χ0) is 18.1. The predicted octanol–water partition coefficient (Wildman–Crippen LogP) is 2.62. The first-order valence-corrected chi connectivity index (χ1v) is 9.42. The second kappa shape index (κ2) is 7.21. The van der Waals surface area contributed by atoms with Crippen LogP contribution < -0.4 is 0 Å². The molecule has 4 rings (SSSR count). The van der Waals surface area contributed by atoms with Gasteiger partial charge in [0, 0.05) is 24.4 Å². The van der Waals surface area contributed by atoms with E-state index in [9.17, 15) is 5.11 Å². The van der Waals surface area contributed by atoms with Crippen LogP contribution in [-0.2, 0) is 6.54 Å². The molecule has 1 aliphatic rings. The maximum Gasteiger partial charge on any atom is 0.0959 e. The summed E-state index contributed by atoms with van der Waals surface area (Å²) in [5, 5.41) is 17.7. The third-order valence-corrected chi connectivity index (χ3v) is 5.66. The molecule has 1 aromatic carbocycles. The van der Waals surface area contributed by atoms with E-state index in [2.05, 4.69) is 56.7 Å². The van der Waals surface area contributed by atoms with Crippen LogP contribution in [0.2, 0.25) is 0 Å². The molecule has 2 aromatic heterocycles. The lowest BCUT2D eigenvalue weighted by Gasteiger charge is -2.32. The minimum absolute atomic E-state index is 0.391. The van der Waals surface area contributed by atoms with Gasteiger partial charge in [0.25, 0.3) is 0 Å². The second-order valence-corrected chi connectivity index (χ2v) is 7.56. The molecular formula is C20H27N5O. The molecule has 0 bridgehead atoms. The number of aliphatic hydroxyl groups is 1. The smallest absolute Gasteiger partial charge is 0.0959 e. The number of hydrogen-bond donors (Lipinski definition) is 2. The molecule has 1 saturated heterocycles. The van der Waals surface area contributed by atoms with Gasteiger partial charge < -0.3 is 14.6 Å². The number of rotatable bonds is 5. The number of imidazole rings is 1. The molecule has 1 fully saturated rings. The first-order chi connectivity index (χ1) is 12.6. The monoisotopic (exact) mass is 353 g/mol. The van der Waals surface area contributed by atoms with Crippen LogP contribution in [0.25, 0.3) is 11.0 Å². The molecule has 0 spiro atoms. The van der Waals surface area contributed by atoms with Gasteiger partial charge in [-0.15, -0.1) is 0 Å². The number of aromatic amines is 1. The average molecular weight is 353 g/mol. The number of aliphatic hydroxyl groups excluding tert-OH is 1. The van der Waals surface area contributed by atoms with Crippen LogP contribution in [0.1, 0.15) is 35.6 Å². The molecule has 6 nitrogen and oxygen atoms in total. The van der Waals surface area contributed by atoms with Crippen LogP contribution in [0.15, 0.2) is 30.7 Å². The number of H-pyrrole nitrogens is 1. The van der Waals surface area contributed by atoms with E-state index in [0.29, 0.717) is 19.0 Å². The van der Waals surface area contributed by atoms with Crippen LogP contribution in [0.4, 0.5) is 0 Å². The SMILES string of the molecule is Cc1cc2ncn(CC(O)CN3CCC(c4ccn[nH]4)CC3)c2cc1C. The van der Waals surface area contributed by atoms with E-state index in [4.69, 9.17) is 0 Å². The highest BCUT2D eigenvalue weighted by molar-refractivity contribution is 5.77. The Hall–Kier alpha value is -2.18. The first kappa shape index (κ1) is 17.2. The molecule has 6 heteroatoms. The zero-order valence-corrected chi connectivity index (χ0v) is 15.5. The molecule has 138 valence electrons. The number of aryl methyl sites for hydroxylation is 2. The fourth-order valence-corrected chi connectivity index (χ4v) is 3.96. The van der Waals surface area contributed by atoms with Gasteiger partial charge in [-0.3, -0.25) is 5.10 Å². The molecule has 0 aliphatic carbocycles. The van der Waals surface area contributed by atoms with Crippen LogP contribution in [-0.4, -0.2) is 55.5 Å². The number of likely N-dealkylation sites (tertiary alicyclic amines) is 1. The summed E-state index contributed by atoms with van der Waals surface area (Å²) in [6.07, 6.45) is 5.50. The van der Waals surface area contributed by atoms with E-state index in [-0.39, 0.29) is 0 Å². The maximum absolute atomic E-state index is 10.6. The van der Waals surface area contributed by atoms with Crippen molar-refractivity contribution in [3.05, 3.63) is 47.5 Å². The highest BCUT2D eigenvalue weighted by atomic mass is 16.3. The van der Waals surface area contributed by atoms with E-state index in [1.165, 1.54) is 16.8 Å². The Kier molecular flexibility index (Phi) is 4.78. The predicted molar refractivity (Wildman–Crippen MR) is 102 cm³/mol. The molecule has 0 saturated carbocycles. The summed E-state index contributed by atoms with van der Waals surface area (Å²) in [5.41, 5.74) is 5.85. The van der Waals surface area contributed by atoms with E-state index < -0.39 is 6.10 Å². The van der Waals surface area contributed by atoms with Crippen molar-refractivity contribution in [2.75, 3.05) is 19.6 Å². The fraction of sp³-hybridized carbons (Fsp3) is 0.500. The summed E-state index contributed by atoms with van der Waals surface area (Å²) in [7, 11) is 0. The molecule has 2 N–H and O–H groups in total. The lowest BCUT2D eigenvalue weighted by molar-refractivity contribution is 0.0854. The Morgan fingerprint density at radius 3 is 2.69 bits per heavy atom. The average Bonchev–Trinajstić information content (AvgIpc) is 3.27. The molecule has 1 aliphatic heterocycles. The Balaban J connectivity index is 1.35. The van der Waals surface area contributed by atoms with Gasteiger partial charge in [0.2, 0.25) is 0 Å². The van der Waals surface area contributed by atoms with Crippen molar-refractivity contribution in [1.29, 1.82) is 0 Å². The quantitative estimate of drug-likeness (QED) is 0.740. The minimum Gasteiger partial charge on any atom is -0.390 e. The number of hydrogen-bond acceptors (Lipinski definition) is 4. The van der Waals surface area contributed by atoms with Crippen LogP contribution in [0.5, 0.6) is 0 Å². The van der Waals surface area contributed by atoms with Crippen molar-refractivity contribution in [3.8, 4) is 0 Å². The highest BCUT2D eigenvalue weighted by Gasteiger charge is 2.23. The summed E-state index contributed by atoms with van der Waals surface area (Å²) >= 11 is 0. The zero-order valence-electron chi connectivity index (χ0n) is 15.5. The van der Waals surface area contributed by atoms with Crippen molar-refractivity contribution < 1.29 is 5.11 Å². The maximum atomic E-state index is 10.6. The first-order valence-electron chi connectivity index (χ1n) is 9.42. The highest BCUT2D eigenvalue weighted by Crippen LogP contribution is 2.26. The lowest BCUT2D eigenvalue weighted by atomic mass is 9.93. The Bertz CT molecular complexity index is 862. The largest absolute Gasteiger partial charge is 0.390 e. The van der Waals surface area contributed by atoms with E-state index >= 15 is 0 Å². The number of β-amino-alcohol motifs (C(OH)–C–C–N with tert-alkyl or cyclic N) is 1. The minimum atomic E-state index is -0.391. The lowest BCUT2D eigenvalue weighted by Crippen LogP contribution is -2.39. The van der Waals surface area contributed by atoms with Crippen LogP contribution >= 0.6 is 0 Å². The van der Waals surface area contributed by atoms with E-state index in [1.807, 2.05) is 12.5 Å². The van der Waals surface area contributed by atoms with Gasteiger partial charge in [-0.25, -0.2) is 4.98 Å². The summed E-state index contributed by atoms with van der Waals surface area (Å²) in [5.74, 6) is 0.565. The van der Waals surface area contributed by atoms with Crippen molar-refractivity contribution in [2.45, 2.75) is 45.3 Å². The van der Waals surface area contributed by atoms with Gasteiger partial charge >= 0.3 is 0 Å². The normalized spacial score (nSPS) is 17.8. The van der Waals surface area contributed by atoms with Crippen LogP contribution in [0, 0.1) is 13.8 Å². The standard InChI is InChI=1S/C20H27N5O/c1-14-9-19-20(10-15(14)2)25(13-21-19)12-17(26)11-24-7-4-16(5-8-24)18-3-6-22-23-18/h3,6,9-10,13,16-17,26H,4-5,7-8,11-12H2,1-2H3,(H,22,23). The number of piperidine rings is 1. The van der Waals surface area contributed by atoms with E-state index in [0.717, 1.165) is 37.0 Å². The van der Waals surface area contributed by atoms with Gasteiger partial charge in [0.15, 0.2) is 0 Å². The Labute approximate surface area is 153 Å². The molecule has 1 atom stereocenters. The fourth-order valence-electron chi connectivity index (χ4n) is 3.96. The van der Waals surface area contributed by atoms with Crippen molar-refractivity contribution in [1.82, 2.24) is 24.6 Å². The summed E-state index contributed by atoms with van der Waals surface area (Å²) in [6, 6.07) is 6.36. The van der Waals surface area contributed by atoms with Gasteiger partial charge in [-0.05, 0) is 69.1 Å². The molecule has 26 heavy (non-hydrogen) atoms. The van der Waals surface area contributed by atoms with Gasteiger partial charge in [0.05, 0.1) is 30.0 Å². The van der Waals surface area contributed by atoms with Crippen molar-refractivity contribution in [3.63, 3.8) is 0 Å². The third kappa shape index (κ3) is 3.52. The topological polar surface area (TPSA) is 70.0 Å². The molecule has 0 radical (unpaired) electrons. The molecule has 3 aromatic rings. The molecule has 1 unspecified atom stereocenters. The second-order valence-electron chi connectivity index (χ2n) is 7.56. The number of benzene rings is 1. The Morgan fingerprint density at radius 1 is 1.19 bits per heavy atom. The third-order valence-electron chi connectivity index (χ3n) is 5.66. The molecule has 3 heterocycles. The summed E-state index contributed by atoms with van der Waals surface area (Å²) in [4.78, 5) is 6.85. The van der Waals surface area contributed by atoms with E-state index in [1.54, 1.807) is 0 Å². The van der Waals surface area contributed by atoms with Gasteiger partial charge in [-0.1, -0.05) is 0 Å². The summed E-state index contributed by atoms with van der Waals surface area (Å²) in [6.45, 7) is 7.55. The molecular weight excluding hydrogens is 326 g/mol.